The van der Waals surface area contributed by atoms with Gasteiger partial charge in [0.1, 0.15) is 0 Å². The lowest BCUT2D eigenvalue weighted by Gasteiger charge is -2.17. The highest BCUT2D eigenvalue weighted by atomic mass is 16.1. The molecule has 1 heterocycles. The Labute approximate surface area is 123 Å². The Morgan fingerprint density at radius 2 is 1.86 bits per heavy atom. The molecule has 0 amide bonds. The van der Waals surface area contributed by atoms with Crippen LogP contribution in [0.25, 0.3) is 10.8 Å². The van der Waals surface area contributed by atoms with Crippen LogP contribution in [0.3, 0.4) is 0 Å². The number of fused-ring (bicyclic) bond motifs is 1. The molecule has 0 fully saturated rings. The average Bonchev–Trinajstić information content (AvgIpc) is 2.56. The summed E-state index contributed by atoms with van der Waals surface area (Å²) in [5.41, 5.74) is 1.88. The molecule has 1 unspecified atom stereocenters. The molecule has 2 aromatic carbocycles. The summed E-state index contributed by atoms with van der Waals surface area (Å²) in [7, 11) is 0. The summed E-state index contributed by atoms with van der Waals surface area (Å²) in [5, 5.41) is 2.21. The lowest BCUT2D eigenvalue weighted by Crippen LogP contribution is -2.12. The first kappa shape index (κ1) is 13.3. The van der Waals surface area contributed by atoms with Crippen LogP contribution < -0.4 is 0 Å². The van der Waals surface area contributed by atoms with Crippen LogP contribution in [-0.4, -0.2) is 10.8 Å². The van der Waals surface area contributed by atoms with E-state index in [2.05, 4.69) is 23.7 Å². The third kappa shape index (κ3) is 2.48. The van der Waals surface area contributed by atoms with E-state index >= 15 is 0 Å². The fourth-order valence-corrected chi connectivity index (χ4v) is 2.66. The molecule has 0 spiro atoms. The molecule has 1 atom stereocenters. The van der Waals surface area contributed by atoms with Crippen LogP contribution in [0.1, 0.15) is 17.0 Å². The van der Waals surface area contributed by atoms with Crippen LogP contribution in [0, 0.1) is 0 Å². The van der Waals surface area contributed by atoms with Gasteiger partial charge in [-0.15, -0.1) is 0 Å². The molecule has 0 saturated carbocycles. The van der Waals surface area contributed by atoms with E-state index in [9.17, 15) is 4.79 Å². The number of hydrogen-bond acceptors (Lipinski definition) is 2. The van der Waals surface area contributed by atoms with Crippen LogP contribution in [0.15, 0.2) is 79.6 Å². The number of ketones is 1. The van der Waals surface area contributed by atoms with E-state index < -0.39 is 0 Å². The number of aromatic nitrogens is 1. The van der Waals surface area contributed by atoms with E-state index in [1.807, 2.05) is 42.5 Å². The smallest absolute Gasteiger partial charge is 0.167 e. The van der Waals surface area contributed by atoms with Crippen LogP contribution in [0.5, 0.6) is 0 Å². The van der Waals surface area contributed by atoms with Gasteiger partial charge < -0.3 is 0 Å². The number of carbonyl (C=O) groups excluding carboxylic acids is 1. The van der Waals surface area contributed by atoms with Gasteiger partial charge in [-0.3, -0.25) is 9.78 Å². The third-order valence-corrected chi connectivity index (χ3v) is 3.64. The minimum Gasteiger partial charge on any atom is -0.294 e. The van der Waals surface area contributed by atoms with Gasteiger partial charge in [0.2, 0.25) is 0 Å². The largest absolute Gasteiger partial charge is 0.294 e. The highest BCUT2D eigenvalue weighted by Gasteiger charge is 2.22. The average molecular weight is 273 g/mol. The van der Waals surface area contributed by atoms with Gasteiger partial charge in [0, 0.05) is 12.4 Å². The molecule has 0 saturated heterocycles. The Morgan fingerprint density at radius 3 is 2.62 bits per heavy atom. The van der Waals surface area contributed by atoms with Gasteiger partial charge in [-0.2, -0.15) is 0 Å². The number of benzene rings is 2. The van der Waals surface area contributed by atoms with Crippen molar-refractivity contribution in [2.45, 2.75) is 5.92 Å². The topological polar surface area (TPSA) is 30.0 Å². The maximum absolute atomic E-state index is 12.4. The quantitative estimate of drug-likeness (QED) is 0.669. The maximum atomic E-state index is 12.4. The van der Waals surface area contributed by atoms with Crippen molar-refractivity contribution in [1.29, 1.82) is 0 Å². The summed E-state index contributed by atoms with van der Waals surface area (Å²) in [4.78, 5) is 16.6. The molecular weight excluding hydrogens is 258 g/mol. The maximum Gasteiger partial charge on any atom is 0.167 e. The molecule has 1 aromatic heterocycles. The van der Waals surface area contributed by atoms with E-state index in [0.717, 1.165) is 21.9 Å². The van der Waals surface area contributed by atoms with Crippen molar-refractivity contribution in [1.82, 2.24) is 4.98 Å². The van der Waals surface area contributed by atoms with Crippen molar-refractivity contribution in [2.24, 2.45) is 0 Å². The van der Waals surface area contributed by atoms with Crippen LogP contribution in [-0.2, 0) is 4.79 Å². The predicted octanol–water partition coefficient (Wildman–Crippen LogP) is 4.12. The molecule has 0 N–H and O–H groups in total. The first-order chi connectivity index (χ1) is 10.3. The summed E-state index contributed by atoms with van der Waals surface area (Å²) in [6.07, 6.45) is 4.84. The molecule has 0 aliphatic heterocycles. The Kier molecular flexibility index (Phi) is 3.61. The SMILES string of the molecule is C=CC(=O)C(c1cccnc1)c1cccc2ccccc12. The van der Waals surface area contributed by atoms with E-state index in [1.54, 1.807) is 12.4 Å². The van der Waals surface area contributed by atoms with Crippen molar-refractivity contribution in [3.05, 3.63) is 90.8 Å². The minimum absolute atomic E-state index is 0.0145. The first-order valence-corrected chi connectivity index (χ1v) is 6.85. The van der Waals surface area contributed by atoms with E-state index in [0.29, 0.717) is 0 Å². The van der Waals surface area contributed by atoms with Crippen molar-refractivity contribution in [3.63, 3.8) is 0 Å². The van der Waals surface area contributed by atoms with E-state index in [4.69, 9.17) is 0 Å². The van der Waals surface area contributed by atoms with Gasteiger partial charge in [0.05, 0.1) is 5.92 Å². The molecule has 21 heavy (non-hydrogen) atoms. The zero-order valence-electron chi connectivity index (χ0n) is 11.6. The van der Waals surface area contributed by atoms with Crippen molar-refractivity contribution in [2.75, 3.05) is 0 Å². The summed E-state index contributed by atoms with van der Waals surface area (Å²) in [6, 6.07) is 17.9. The lowest BCUT2D eigenvalue weighted by atomic mass is 9.85. The predicted molar refractivity (Wildman–Crippen MR) is 85.2 cm³/mol. The van der Waals surface area contributed by atoms with Crippen LogP contribution in [0.4, 0.5) is 0 Å². The lowest BCUT2D eigenvalue weighted by molar-refractivity contribution is -0.115. The number of allylic oxidation sites excluding steroid dienone is 1. The number of rotatable bonds is 4. The number of hydrogen-bond donors (Lipinski definition) is 0. The molecule has 0 radical (unpaired) electrons. The van der Waals surface area contributed by atoms with Crippen molar-refractivity contribution >= 4 is 16.6 Å². The Morgan fingerprint density at radius 1 is 1.05 bits per heavy atom. The summed E-state index contributed by atoms with van der Waals surface area (Å²) < 4.78 is 0. The second-order valence-electron chi connectivity index (χ2n) is 4.89. The Hall–Kier alpha value is -2.74. The first-order valence-electron chi connectivity index (χ1n) is 6.85. The normalized spacial score (nSPS) is 12.0. The molecule has 102 valence electrons. The molecule has 0 aliphatic rings. The molecular formula is C19H15NO. The minimum atomic E-state index is -0.359. The van der Waals surface area contributed by atoms with Gasteiger partial charge in [-0.1, -0.05) is 55.1 Å². The number of pyridine rings is 1. The molecule has 2 nitrogen and oxygen atoms in total. The second-order valence-corrected chi connectivity index (χ2v) is 4.89. The van der Waals surface area contributed by atoms with Crippen molar-refractivity contribution < 1.29 is 4.79 Å². The van der Waals surface area contributed by atoms with Gasteiger partial charge in [-0.25, -0.2) is 0 Å². The highest BCUT2D eigenvalue weighted by molar-refractivity contribution is 6.01. The summed E-state index contributed by atoms with van der Waals surface area (Å²) >= 11 is 0. The fourth-order valence-electron chi connectivity index (χ4n) is 2.66. The van der Waals surface area contributed by atoms with Gasteiger partial charge in [0.25, 0.3) is 0 Å². The number of carbonyl (C=O) groups is 1. The second kappa shape index (κ2) is 5.71. The van der Waals surface area contributed by atoms with E-state index in [1.165, 1.54) is 6.08 Å². The highest BCUT2D eigenvalue weighted by Crippen LogP contribution is 2.31. The van der Waals surface area contributed by atoms with Gasteiger partial charge in [0.15, 0.2) is 5.78 Å². The number of nitrogens with zero attached hydrogens (tertiary/aromatic N) is 1. The molecule has 0 aliphatic carbocycles. The zero-order chi connectivity index (χ0) is 14.7. The Balaban J connectivity index is 2.25. The molecule has 3 rings (SSSR count). The molecule has 3 aromatic rings. The van der Waals surface area contributed by atoms with Crippen LogP contribution in [0.2, 0.25) is 0 Å². The molecule has 2 heteroatoms. The van der Waals surface area contributed by atoms with Crippen LogP contribution >= 0.6 is 0 Å². The van der Waals surface area contributed by atoms with Crippen molar-refractivity contribution in [3.8, 4) is 0 Å². The monoisotopic (exact) mass is 273 g/mol. The van der Waals surface area contributed by atoms with E-state index in [-0.39, 0.29) is 11.7 Å². The fraction of sp³-hybridized carbons (Fsp3) is 0.0526. The summed E-state index contributed by atoms with van der Waals surface area (Å²) in [6.45, 7) is 3.64. The standard InChI is InChI=1S/C19H15NO/c1-2-18(21)19(15-9-6-12-20-13-15)17-11-5-8-14-7-3-4-10-16(14)17/h2-13,19H,1H2. The van der Waals surface area contributed by atoms with Gasteiger partial charge in [-0.05, 0) is 34.0 Å². The third-order valence-electron chi connectivity index (χ3n) is 3.64. The Bertz CT molecular complexity index is 788. The molecule has 0 bridgehead atoms. The van der Waals surface area contributed by atoms with Gasteiger partial charge >= 0.3 is 0 Å². The summed E-state index contributed by atoms with van der Waals surface area (Å²) in [5.74, 6) is -0.373. The zero-order valence-corrected chi connectivity index (χ0v) is 11.6.